The normalized spacial score (nSPS) is 14.2. The molecular weight excluding hydrogens is 360 g/mol. The van der Waals surface area contributed by atoms with E-state index in [9.17, 15) is 9.59 Å². The molecule has 9 nitrogen and oxygen atoms in total. The molecule has 0 unspecified atom stereocenters. The minimum absolute atomic E-state index is 0.144. The van der Waals surface area contributed by atoms with Crippen LogP contribution in [0, 0.1) is 0 Å². The van der Waals surface area contributed by atoms with Crippen LogP contribution in [-0.2, 0) is 16.1 Å². The Morgan fingerprint density at radius 1 is 1.11 bits per heavy atom. The Balaban J connectivity index is 1.36. The molecule has 9 heteroatoms. The molecular formula is C19H20N6O3. The predicted molar refractivity (Wildman–Crippen MR) is 104 cm³/mol. The number of aryl methyl sites for hydroxylation is 1. The third-order valence-corrected chi connectivity index (χ3v) is 4.53. The molecule has 2 aromatic heterocycles. The van der Waals surface area contributed by atoms with E-state index in [2.05, 4.69) is 20.3 Å². The minimum Gasteiger partial charge on any atom is -0.378 e. The van der Waals surface area contributed by atoms with Crippen LogP contribution in [0.5, 0.6) is 0 Å². The van der Waals surface area contributed by atoms with Crippen molar-refractivity contribution < 1.29 is 9.53 Å². The van der Waals surface area contributed by atoms with Crippen LogP contribution in [0.2, 0.25) is 0 Å². The fourth-order valence-electron chi connectivity index (χ4n) is 3.02. The van der Waals surface area contributed by atoms with Crippen molar-refractivity contribution in [3.05, 3.63) is 53.3 Å². The highest BCUT2D eigenvalue weighted by molar-refractivity contribution is 5.90. The Kier molecular flexibility index (Phi) is 5.24. The molecule has 0 atom stereocenters. The van der Waals surface area contributed by atoms with Crippen molar-refractivity contribution >= 4 is 28.4 Å². The number of rotatable bonds is 5. The van der Waals surface area contributed by atoms with Crippen LogP contribution >= 0.6 is 0 Å². The van der Waals surface area contributed by atoms with Crippen LogP contribution in [0.25, 0.3) is 10.9 Å². The van der Waals surface area contributed by atoms with Crippen LogP contribution in [-0.4, -0.2) is 51.7 Å². The molecule has 0 radical (unpaired) electrons. The predicted octanol–water partition coefficient (Wildman–Crippen LogP) is 1.05. The molecule has 28 heavy (non-hydrogen) atoms. The zero-order chi connectivity index (χ0) is 19.3. The summed E-state index contributed by atoms with van der Waals surface area (Å²) in [6.45, 7) is 3.06. The molecule has 1 aliphatic heterocycles. The number of anilines is 2. The lowest BCUT2D eigenvalue weighted by atomic mass is 10.2. The maximum absolute atomic E-state index is 12.4. The number of morpholine rings is 1. The van der Waals surface area contributed by atoms with Crippen molar-refractivity contribution in [3.8, 4) is 0 Å². The number of nitrogens with zero attached hydrogens (tertiary/aromatic N) is 5. The second kappa shape index (κ2) is 8.13. The Hall–Kier alpha value is -3.33. The average molecular weight is 380 g/mol. The van der Waals surface area contributed by atoms with E-state index < -0.39 is 0 Å². The molecule has 1 amide bonds. The van der Waals surface area contributed by atoms with E-state index in [1.165, 1.54) is 10.9 Å². The van der Waals surface area contributed by atoms with E-state index in [1.54, 1.807) is 30.6 Å². The van der Waals surface area contributed by atoms with Gasteiger partial charge in [-0.3, -0.25) is 14.2 Å². The number of carbonyl (C=O) groups is 1. The molecule has 1 N–H and O–H groups in total. The summed E-state index contributed by atoms with van der Waals surface area (Å²) >= 11 is 0. The first-order valence-corrected chi connectivity index (χ1v) is 9.09. The smallest absolute Gasteiger partial charge is 0.261 e. The quantitative estimate of drug-likeness (QED) is 0.706. The number of hydrogen-bond donors (Lipinski definition) is 1. The summed E-state index contributed by atoms with van der Waals surface area (Å²) in [6, 6.07) is 7.14. The molecule has 0 bridgehead atoms. The Bertz CT molecular complexity index is 1030. The number of aromatic nitrogens is 4. The third kappa shape index (κ3) is 3.99. The second-order valence-electron chi connectivity index (χ2n) is 6.43. The van der Waals surface area contributed by atoms with Gasteiger partial charge in [0.25, 0.3) is 5.56 Å². The van der Waals surface area contributed by atoms with Gasteiger partial charge >= 0.3 is 0 Å². The maximum atomic E-state index is 12.4. The number of ether oxygens (including phenoxy) is 1. The SMILES string of the molecule is O=C(CCn1cnc2ccccc2c1=O)Nc1cnc(N2CCOCC2)nc1. The number of para-hydroxylation sites is 1. The van der Waals surface area contributed by atoms with Crippen LogP contribution in [0.3, 0.4) is 0 Å². The number of hydrogen-bond acceptors (Lipinski definition) is 7. The monoisotopic (exact) mass is 380 g/mol. The van der Waals surface area contributed by atoms with E-state index >= 15 is 0 Å². The summed E-state index contributed by atoms with van der Waals surface area (Å²) in [5, 5.41) is 3.30. The maximum Gasteiger partial charge on any atom is 0.261 e. The lowest BCUT2D eigenvalue weighted by Gasteiger charge is -2.26. The molecule has 0 saturated carbocycles. The third-order valence-electron chi connectivity index (χ3n) is 4.53. The van der Waals surface area contributed by atoms with Crippen molar-refractivity contribution in [1.82, 2.24) is 19.5 Å². The molecule has 3 aromatic rings. The summed E-state index contributed by atoms with van der Waals surface area (Å²) in [5.74, 6) is 0.401. The van der Waals surface area contributed by atoms with Gasteiger partial charge in [0.05, 0.1) is 48.5 Å². The minimum atomic E-state index is -0.220. The van der Waals surface area contributed by atoms with Crippen LogP contribution in [0.1, 0.15) is 6.42 Å². The van der Waals surface area contributed by atoms with Crippen LogP contribution in [0.4, 0.5) is 11.6 Å². The van der Waals surface area contributed by atoms with Gasteiger partial charge in [-0.2, -0.15) is 0 Å². The number of fused-ring (bicyclic) bond motifs is 1. The van der Waals surface area contributed by atoms with Crippen molar-refractivity contribution in [2.75, 3.05) is 36.5 Å². The zero-order valence-corrected chi connectivity index (χ0v) is 15.2. The van der Waals surface area contributed by atoms with Gasteiger partial charge in [0.1, 0.15) is 0 Å². The number of amides is 1. The molecule has 3 heterocycles. The summed E-state index contributed by atoms with van der Waals surface area (Å²) < 4.78 is 6.75. The topological polar surface area (TPSA) is 102 Å². The molecule has 1 aliphatic rings. The van der Waals surface area contributed by atoms with Gasteiger partial charge in [-0.15, -0.1) is 0 Å². The van der Waals surface area contributed by atoms with Crippen molar-refractivity contribution in [1.29, 1.82) is 0 Å². The van der Waals surface area contributed by atoms with Crippen molar-refractivity contribution in [2.45, 2.75) is 13.0 Å². The molecule has 0 aliphatic carbocycles. The molecule has 1 saturated heterocycles. The van der Waals surface area contributed by atoms with Gasteiger partial charge in [-0.05, 0) is 12.1 Å². The fourth-order valence-corrected chi connectivity index (χ4v) is 3.02. The van der Waals surface area contributed by atoms with E-state index in [0.717, 1.165) is 13.1 Å². The van der Waals surface area contributed by atoms with E-state index in [4.69, 9.17) is 4.74 Å². The van der Waals surface area contributed by atoms with Gasteiger partial charge in [0.15, 0.2) is 0 Å². The highest BCUT2D eigenvalue weighted by atomic mass is 16.5. The highest BCUT2D eigenvalue weighted by Crippen LogP contribution is 2.12. The first kappa shape index (κ1) is 18.1. The van der Waals surface area contributed by atoms with E-state index in [1.807, 2.05) is 11.0 Å². The lowest BCUT2D eigenvalue weighted by Crippen LogP contribution is -2.37. The zero-order valence-electron chi connectivity index (χ0n) is 15.2. The number of nitrogens with one attached hydrogen (secondary N) is 1. The molecule has 144 valence electrons. The summed E-state index contributed by atoms with van der Waals surface area (Å²) in [4.78, 5) is 39.6. The largest absolute Gasteiger partial charge is 0.378 e. The summed E-state index contributed by atoms with van der Waals surface area (Å²) in [7, 11) is 0. The Morgan fingerprint density at radius 3 is 2.64 bits per heavy atom. The molecule has 1 fully saturated rings. The number of benzene rings is 1. The summed E-state index contributed by atoms with van der Waals surface area (Å²) in [5.41, 5.74) is 1.01. The van der Waals surface area contributed by atoms with Crippen LogP contribution < -0.4 is 15.8 Å². The molecule has 0 spiro atoms. The highest BCUT2D eigenvalue weighted by Gasteiger charge is 2.14. The standard InChI is InChI=1S/C19H20N6O3/c26-17(5-6-25-13-22-16-4-2-1-3-15(16)18(25)27)23-14-11-20-19(21-12-14)24-7-9-28-10-8-24/h1-4,11-13H,5-10H2,(H,23,26). The van der Waals surface area contributed by atoms with E-state index in [0.29, 0.717) is 35.8 Å². The van der Waals surface area contributed by atoms with Gasteiger partial charge in [-0.25, -0.2) is 15.0 Å². The van der Waals surface area contributed by atoms with Gasteiger partial charge in [-0.1, -0.05) is 12.1 Å². The van der Waals surface area contributed by atoms with Crippen molar-refractivity contribution in [3.63, 3.8) is 0 Å². The Labute approximate surface area is 161 Å². The van der Waals surface area contributed by atoms with E-state index in [-0.39, 0.29) is 24.4 Å². The first-order chi connectivity index (χ1) is 13.7. The Morgan fingerprint density at radius 2 is 1.86 bits per heavy atom. The second-order valence-corrected chi connectivity index (χ2v) is 6.43. The van der Waals surface area contributed by atoms with Gasteiger partial charge < -0.3 is 15.0 Å². The summed E-state index contributed by atoms with van der Waals surface area (Å²) in [6.07, 6.45) is 4.78. The average Bonchev–Trinajstić information content (AvgIpc) is 2.75. The lowest BCUT2D eigenvalue weighted by molar-refractivity contribution is -0.116. The first-order valence-electron chi connectivity index (χ1n) is 9.09. The number of carbonyl (C=O) groups excluding carboxylic acids is 1. The van der Waals surface area contributed by atoms with Gasteiger partial charge in [0, 0.05) is 26.1 Å². The molecule has 1 aromatic carbocycles. The van der Waals surface area contributed by atoms with Crippen LogP contribution in [0.15, 0.2) is 47.8 Å². The van der Waals surface area contributed by atoms with Crippen molar-refractivity contribution in [2.24, 2.45) is 0 Å². The molecule has 4 rings (SSSR count). The van der Waals surface area contributed by atoms with Gasteiger partial charge in [0.2, 0.25) is 11.9 Å². The fraction of sp³-hybridized carbons (Fsp3) is 0.316.